The van der Waals surface area contributed by atoms with Crippen LogP contribution in [0.1, 0.15) is 35.1 Å². The number of ether oxygens (including phenoxy) is 1. The molecular formula is C26H31F3N6O3S. The SMILES string of the molecule is COc1cc(CNC2CC2)ccc1Nc1ncc(C(F)(F)F)c(NCc2ccc(C)cc2N(C)S(C)(=O)=O)n1. The molecule has 1 aliphatic carbocycles. The van der Waals surface area contributed by atoms with Crippen molar-refractivity contribution in [2.75, 3.05) is 35.4 Å². The molecule has 0 amide bonds. The standard InChI is InChI=1S/C26H31F3N6O3S/c1-16-5-7-18(22(11-16)35(2)39(4,36)37)14-31-24-20(26(27,28)29)15-32-25(34-24)33-21-10-6-17(12-23(21)38-3)13-30-19-8-9-19/h5-7,10-12,15,19,30H,8-9,13-14H2,1-4H3,(H2,31,32,33,34). The largest absolute Gasteiger partial charge is 0.495 e. The Morgan fingerprint density at radius 1 is 1.13 bits per heavy atom. The number of sulfonamides is 1. The minimum atomic E-state index is -4.71. The van der Waals surface area contributed by atoms with Gasteiger partial charge in [-0.25, -0.2) is 13.4 Å². The van der Waals surface area contributed by atoms with Crippen LogP contribution in [0.4, 0.5) is 36.3 Å². The first-order valence-corrected chi connectivity index (χ1v) is 14.1. The Morgan fingerprint density at radius 3 is 2.51 bits per heavy atom. The summed E-state index contributed by atoms with van der Waals surface area (Å²) in [4.78, 5) is 7.98. The van der Waals surface area contributed by atoms with Gasteiger partial charge in [0, 0.05) is 32.4 Å². The fourth-order valence-corrected chi connectivity index (χ4v) is 4.40. The summed E-state index contributed by atoms with van der Waals surface area (Å²) < 4.78 is 72.2. The van der Waals surface area contributed by atoms with Gasteiger partial charge in [0.1, 0.15) is 17.1 Å². The Bertz CT molecular complexity index is 1450. The Labute approximate surface area is 225 Å². The molecule has 39 heavy (non-hydrogen) atoms. The van der Waals surface area contributed by atoms with Crippen LogP contribution in [0.25, 0.3) is 0 Å². The first-order chi connectivity index (χ1) is 18.3. The normalized spacial score (nSPS) is 13.7. The molecule has 13 heteroatoms. The molecule has 0 bridgehead atoms. The molecule has 2 aromatic carbocycles. The Kier molecular flexibility index (Phi) is 8.21. The number of hydrogen-bond donors (Lipinski definition) is 3. The van der Waals surface area contributed by atoms with Gasteiger partial charge in [-0.2, -0.15) is 18.2 Å². The third kappa shape index (κ3) is 7.30. The molecule has 3 N–H and O–H groups in total. The van der Waals surface area contributed by atoms with E-state index in [2.05, 4.69) is 25.9 Å². The maximum Gasteiger partial charge on any atom is 0.421 e. The number of rotatable bonds is 11. The molecule has 0 unspecified atom stereocenters. The number of anilines is 4. The zero-order valence-corrected chi connectivity index (χ0v) is 22.9. The van der Waals surface area contributed by atoms with Crippen LogP contribution in [0.15, 0.2) is 42.6 Å². The van der Waals surface area contributed by atoms with Crippen molar-refractivity contribution in [3.05, 3.63) is 64.8 Å². The van der Waals surface area contributed by atoms with Gasteiger partial charge in [-0.3, -0.25) is 4.31 Å². The van der Waals surface area contributed by atoms with Crippen LogP contribution in [0, 0.1) is 6.92 Å². The minimum absolute atomic E-state index is 0.0648. The zero-order valence-electron chi connectivity index (χ0n) is 22.1. The van der Waals surface area contributed by atoms with Gasteiger partial charge in [-0.15, -0.1) is 0 Å². The van der Waals surface area contributed by atoms with Gasteiger partial charge in [0.25, 0.3) is 0 Å². The van der Waals surface area contributed by atoms with Crippen LogP contribution in [0.5, 0.6) is 5.75 Å². The molecule has 3 aromatic rings. The zero-order chi connectivity index (χ0) is 28.4. The third-order valence-electron chi connectivity index (χ3n) is 6.30. The average Bonchev–Trinajstić information content (AvgIpc) is 3.70. The van der Waals surface area contributed by atoms with Crippen LogP contribution in [-0.2, 0) is 29.3 Å². The van der Waals surface area contributed by atoms with Gasteiger partial charge in [-0.1, -0.05) is 18.2 Å². The van der Waals surface area contributed by atoms with E-state index >= 15 is 0 Å². The van der Waals surface area contributed by atoms with Crippen molar-refractivity contribution in [3.8, 4) is 5.75 Å². The van der Waals surface area contributed by atoms with Gasteiger partial charge >= 0.3 is 6.18 Å². The summed E-state index contributed by atoms with van der Waals surface area (Å²) in [6.45, 7) is 2.37. The summed E-state index contributed by atoms with van der Waals surface area (Å²) in [5.41, 5.74) is 2.09. The number of alkyl halides is 3. The van der Waals surface area contributed by atoms with E-state index < -0.39 is 27.6 Å². The number of aromatic nitrogens is 2. The second kappa shape index (κ2) is 11.3. The number of nitrogens with zero attached hydrogens (tertiary/aromatic N) is 3. The van der Waals surface area contributed by atoms with E-state index in [9.17, 15) is 21.6 Å². The Balaban J connectivity index is 1.59. The monoisotopic (exact) mass is 564 g/mol. The summed E-state index contributed by atoms with van der Waals surface area (Å²) in [7, 11) is -0.695. The molecule has 0 atom stereocenters. The molecule has 4 rings (SSSR count). The smallest absolute Gasteiger partial charge is 0.421 e. The van der Waals surface area contributed by atoms with E-state index in [4.69, 9.17) is 4.74 Å². The average molecular weight is 565 g/mol. The highest BCUT2D eigenvalue weighted by molar-refractivity contribution is 7.92. The van der Waals surface area contributed by atoms with Crippen LogP contribution in [0.2, 0.25) is 0 Å². The second-order valence-electron chi connectivity index (χ2n) is 9.48. The molecule has 1 aliphatic rings. The molecule has 210 valence electrons. The number of methoxy groups -OCH3 is 1. The predicted octanol–water partition coefficient (Wildman–Crippen LogP) is 4.82. The van der Waals surface area contributed by atoms with Crippen molar-refractivity contribution in [1.82, 2.24) is 15.3 Å². The molecule has 0 saturated heterocycles. The summed E-state index contributed by atoms with van der Waals surface area (Å²) >= 11 is 0. The Morgan fingerprint density at radius 2 is 1.87 bits per heavy atom. The van der Waals surface area contributed by atoms with Gasteiger partial charge in [0.2, 0.25) is 16.0 Å². The van der Waals surface area contributed by atoms with E-state index in [-0.39, 0.29) is 12.5 Å². The van der Waals surface area contributed by atoms with Gasteiger partial charge in [-0.05, 0) is 54.7 Å². The Hall–Kier alpha value is -3.58. The quantitative estimate of drug-likeness (QED) is 0.304. The van der Waals surface area contributed by atoms with Crippen LogP contribution in [-0.4, -0.2) is 44.8 Å². The lowest BCUT2D eigenvalue weighted by Gasteiger charge is -2.22. The van der Waals surface area contributed by atoms with Gasteiger partial charge < -0.3 is 20.7 Å². The van der Waals surface area contributed by atoms with E-state index in [0.29, 0.717) is 41.5 Å². The lowest BCUT2D eigenvalue weighted by molar-refractivity contribution is -0.137. The minimum Gasteiger partial charge on any atom is -0.495 e. The number of nitrogens with one attached hydrogen (secondary N) is 3. The highest BCUT2D eigenvalue weighted by atomic mass is 32.2. The fourth-order valence-electron chi connectivity index (χ4n) is 3.88. The van der Waals surface area contributed by atoms with Crippen molar-refractivity contribution in [2.24, 2.45) is 0 Å². The van der Waals surface area contributed by atoms with Crippen LogP contribution < -0.4 is 25.0 Å². The molecule has 0 spiro atoms. The molecule has 0 aliphatic heterocycles. The van der Waals surface area contributed by atoms with E-state index in [0.717, 1.165) is 34.5 Å². The first-order valence-electron chi connectivity index (χ1n) is 12.2. The molecule has 1 fully saturated rings. The molecule has 9 nitrogen and oxygen atoms in total. The molecule has 1 saturated carbocycles. The fraction of sp³-hybridized carbons (Fsp3) is 0.385. The number of benzene rings is 2. The van der Waals surface area contributed by atoms with Gasteiger partial charge in [0.05, 0.1) is 24.7 Å². The summed E-state index contributed by atoms with van der Waals surface area (Å²) in [6, 6.07) is 11.1. The van der Waals surface area contributed by atoms with Crippen LogP contribution >= 0.6 is 0 Å². The van der Waals surface area contributed by atoms with E-state index in [1.807, 2.05) is 12.1 Å². The predicted molar refractivity (Wildman–Crippen MR) is 145 cm³/mol. The van der Waals surface area contributed by atoms with Crippen molar-refractivity contribution in [1.29, 1.82) is 0 Å². The molecular weight excluding hydrogens is 533 g/mol. The van der Waals surface area contributed by atoms with Gasteiger partial charge in [0.15, 0.2) is 0 Å². The van der Waals surface area contributed by atoms with E-state index in [1.165, 1.54) is 14.2 Å². The lowest BCUT2D eigenvalue weighted by atomic mass is 10.1. The molecule has 1 heterocycles. The highest BCUT2D eigenvalue weighted by Crippen LogP contribution is 2.36. The number of hydrogen-bond acceptors (Lipinski definition) is 8. The molecule has 1 aromatic heterocycles. The maximum absolute atomic E-state index is 13.8. The third-order valence-corrected chi connectivity index (χ3v) is 7.49. The maximum atomic E-state index is 13.8. The summed E-state index contributed by atoms with van der Waals surface area (Å²) in [6.07, 6.45) is -0.623. The number of halogens is 3. The first kappa shape index (κ1) is 28.4. The van der Waals surface area contributed by atoms with E-state index in [1.54, 1.807) is 31.2 Å². The second-order valence-corrected chi connectivity index (χ2v) is 11.5. The van der Waals surface area contributed by atoms with Crippen molar-refractivity contribution >= 4 is 33.2 Å². The number of aryl methyl sites for hydroxylation is 1. The van der Waals surface area contributed by atoms with Crippen molar-refractivity contribution < 1.29 is 26.3 Å². The van der Waals surface area contributed by atoms with Crippen molar-refractivity contribution in [3.63, 3.8) is 0 Å². The lowest BCUT2D eigenvalue weighted by Crippen LogP contribution is -2.26. The summed E-state index contributed by atoms with van der Waals surface area (Å²) in [5, 5.41) is 9.09. The highest BCUT2D eigenvalue weighted by Gasteiger charge is 2.35. The van der Waals surface area contributed by atoms with Crippen molar-refractivity contribution in [2.45, 2.75) is 45.1 Å². The summed E-state index contributed by atoms with van der Waals surface area (Å²) in [5.74, 6) is -0.0148. The topological polar surface area (TPSA) is 108 Å². The molecule has 0 radical (unpaired) electrons. The van der Waals surface area contributed by atoms with Crippen LogP contribution in [0.3, 0.4) is 0 Å².